The molecule has 0 N–H and O–H groups in total. The predicted octanol–water partition coefficient (Wildman–Crippen LogP) is 19.0. The molecule has 1 unspecified atom stereocenters. The van der Waals surface area contributed by atoms with Crippen LogP contribution in [-0.4, -0.2) is 37.2 Å². The lowest BCUT2D eigenvalue weighted by Crippen LogP contribution is -2.30. The van der Waals surface area contributed by atoms with Crippen LogP contribution >= 0.6 is 0 Å². The number of hydrogen-bond donors (Lipinski definition) is 0. The van der Waals surface area contributed by atoms with Gasteiger partial charge in [-0.1, -0.05) is 268 Å². The number of hydrogen-bond acceptors (Lipinski definition) is 6. The van der Waals surface area contributed by atoms with Crippen LogP contribution < -0.4 is 0 Å². The molecule has 0 heterocycles. The van der Waals surface area contributed by atoms with Crippen molar-refractivity contribution in [2.75, 3.05) is 13.2 Å². The third kappa shape index (κ3) is 52.3. The average molecular weight is 926 g/mol. The molecule has 6 nitrogen and oxygen atoms in total. The molecule has 1 atom stereocenters. The highest BCUT2D eigenvalue weighted by Crippen LogP contribution is 2.17. The maximum Gasteiger partial charge on any atom is 0.306 e. The summed E-state index contributed by atoms with van der Waals surface area (Å²) in [5, 5.41) is 0. The summed E-state index contributed by atoms with van der Waals surface area (Å²) >= 11 is 0. The number of allylic oxidation sites excluding steroid dienone is 8. The highest BCUT2D eigenvalue weighted by atomic mass is 16.6. The van der Waals surface area contributed by atoms with E-state index >= 15 is 0 Å². The number of esters is 3. The van der Waals surface area contributed by atoms with Crippen molar-refractivity contribution in [1.82, 2.24) is 0 Å². The molecule has 0 aromatic rings. The smallest absolute Gasteiger partial charge is 0.306 e. The number of carbonyl (C=O) groups excluding carboxylic acids is 3. The molecule has 0 spiro atoms. The first kappa shape index (κ1) is 63.4. The van der Waals surface area contributed by atoms with Gasteiger partial charge in [-0.05, 0) is 57.8 Å². The van der Waals surface area contributed by atoms with Crippen molar-refractivity contribution in [3.8, 4) is 0 Å². The van der Waals surface area contributed by atoms with Gasteiger partial charge in [0.2, 0.25) is 0 Å². The Morgan fingerprint density at radius 3 is 0.924 bits per heavy atom. The molecule has 384 valence electrons. The largest absolute Gasteiger partial charge is 0.462 e. The first-order chi connectivity index (χ1) is 32.5. The van der Waals surface area contributed by atoms with E-state index in [9.17, 15) is 14.4 Å². The summed E-state index contributed by atoms with van der Waals surface area (Å²) in [6.45, 7) is 6.47. The Labute approximate surface area is 409 Å². The molecule has 6 heteroatoms. The van der Waals surface area contributed by atoms with Gasteiger partial charge in [-0.15, -0.1) is 0 Å². The molecular weight excluding hydrogens is 817 g/mol. The predicted molar refractivity (Wildman–Crippen MR) is 284 cm³/mol. The lowest BCUT2D eigenvalue weighted by molar-refractivity contribution is -0.167. The van der Waals surface area contributed by atoms with Crippen LogP contribution in [0.5, 0.6) is 0 Å². The molecular formula is C60H108O6. The zero-order chi connectivity index (χ0) is 47.9. The minimum atomic E-state index is -0.762. The Hall–Kier alpha value is -2.63. The molecule has 0 aliphatic heterocycles. The lowest BCUT2D eigenvalue weighted by Gasteiger charge is -2.18. The monoisotopic (exact) mass is 925 g/mol. The van der Waals surface area contributed by atoms with E-state index < -0.39 is 6.10 Å². The van der Waals surface area contributed by atoms with Crippen molar-refractivity contribution < 1.29 is 28.6 Å². The number of ether oxygens (including phenoxy) is 3. The van der Waals surface area contributed by atoms with Gasteiger partial charge in [-0.2, -0.15) is 0 Å². The Morgan fingerprint density at radius 2 is 0.591 bits per heavy atom. The molecule has 0 bridgehead atoms. The topological polar surface area (TPSA) is 78.9 Å². The fraction of sp³-hybridized carbons (Fsp3) is 0.817. The Morgan fingerprint density at radius 1 is 0.318 bits per heavy atom. The van der Waals surface area contributed by atoms with E-state index in [-0.39, 0.29) is 31.1 Å². The molecule has 0 aromatic carbocycles. The maximum absolute atomic E-state index is 12.7. The summed E-state index contributed by atoms with van der Waals surface area (Å²) in [5.41, 5.74) is 0. The Balaban J connectivity index is 3.84. The summed E-state index contributed by atoms with van der Waals surface area (Å²) in [7, 11) is 0. The van der Waals surface area contributed by atoms with E-state index in [4.69, 9.17) is 14.2 Å². The van der Waals surface area contributed by atoms with Crippen LogP contribution in [-0.2, 0) is 28.6 Å². The Bertz CT molecular complexity index is 1150. The van der Waals surface area contributed by atoms with E-state index in [1.54, 1.807) is 0 Å². The first-order valence-corrected chi connectivity index (χ1v) is 28.6. The van der Waals surface area contributed by atoms with Crippen molar-refractivity contribution in [1.29, 1.82) is 0 Å². The summed E-state index contributed by atoms with van der Waals surface area (Å²) in [6.07, 6.45) is 67.4. The molecule has 0 rings (SSSR count). The summed E-state index contributed by atoms with van der Waals surface area (Å²) in [6, 6.07) is 0. The van der Waals surface area contributed by atoms with Crippen molar-refractivity contribution in [3.63, 3.8) is 0 Å². The molecule has 0 saturated carbocycles. The van der Waals surface area contributed by atoms with Gasteiger partial charge in [0.15, 0.2) is 6.10 Å². The van der Waals surface area contributed by atoms with Gasteiger partial charge in [0, 0.05) is 19.3 Å². The number of rotatable bonds is 52. The van der Waals surface area contributed by atoms with Gasteiger partial charge in [-0.25, -0.2) is 0 Å². The van der Waals surface area contributed by atoms with E-state index in [1.165, 1.54) is 173 Å². The minimum absolute atomic E-state index is 0.0675. The molecule has 0 aliphatic rings. The van der Waals surface area contributed by atoms with Gasteiger partial charge in [-0.3, -0.25) is 14.4 Å². The van der Waals surface area contributed by atoms with Crippen LogP contribution in [0.4, 0.5) is 0 Å². The van der Waals surface area contributed by atoms with Crippen LogP contribution in [0.1, 0.15) is 297 Å². The lowest BCUT2D eigenvalue weighted by atomic mass is 10.0. The van der Waals surface area contributed by atoms with E-state index in [0.29, 0.717) is 19.3 Å². The number of carbonyl (C=O) groups is 3. The van der Waals surface area contributed by atoms with Gasteiger partial charge in [0.05, 0.1) is 0 Å². The highest BCUT2D eigenvalue weighted by Gasteiger charge is 2.19. The third-order valence-electron chi connectivity index (χ3n) is 12.6. The second kappa shape index (κ2) is 55.0. The minimum Gasteiger partial charge on any atom is -0.462 e. The maximum atomic E-state index is 12.7. The highest BCUT2D eigenvalue weighted by molar-refractivity contribution is 5.71. The van der Waals surface area contributed by atoms with E-state index in [1.807, 2.05) is 0 Å². The van der Waals surface area contributed by atoms with E-state index in [2.05, 4.69) is 69.4 Å². The zero-order valence-corrected chi connectivity index (χ0v) is 44.0. The van der Waals surface area contributed by atoms with Gasteiger partial charge >= 0.3 is 17.9 Å². The van der Waals surface area contributed by atoms with Gasteiger partial charge < -0.3 is 14.2 Å². The molecule has 0 fully saturated rings. The summed E-state index contributed by atoms with van der Waals surface area (Å²) < 4.78 is 16.7. The molecule has 0 aromatic heterocycles. The standard InChI is InChI=1S/C60H108O6/c1-4-7-10-13-16-18-19-20-21-22-23-24-25-26-27-28-29-30-31-32-33-34-35-36-37-38-39-40-41-43-44-47-50-53-59(62)65-56-57(55-64-58(61)52-49-46-15-12-9-6-3)66-60(63)54-51-48-45-42-17-14-11-8-5-2/h7,10,16,18,20-21,23-24,57H,4-6,8-9,11-15,17,19,22,25-56H2,1-3H3/b10-7-,18-16-,21-20-,24-23-. The van der Waals surface area contributed by atoms with Crippen molar-refractivity contribution in [2.45, 2.75) is 303 Å². The fourth-order valence-corrected chi connectivity index (χ4v) is 8.32. The van der Waals surface area contributed by atoms with Crippen molar-refractivity contribution >= 4 is 17.9 Å². The summed E-state index contributed by atoms with van der Waals surface area (Å²) in [5.74, 6) is -0.868. The van der Waals surface area contributed by atoms with Crippen LogP contribution in [0, 0.1) is 0 Å². The second-order valence-corrected chi connectivity index (χ2v) is 19.2. The zero-order valence-electron chi connectivity index (χ0n) is 44.0. The normalized spacial score (nSPS) is 12.3. The Kier molecular flexibility index (Phi) is 52.8. The molecule has 66 heavy (non-hydrogen) atoms. The molecule has 0 amide bonds. The van der Waals surface area contributed by atoms with Crippen LogP contribution in [0.2, 0.25) is 0 Å². The van der Waals surface area contributed by atoms with E-state index in [0.717, 1.165) is 83.5 Å². The molecule has 0 radical (unpaired) electrons. The van der Waals surface area contributed by atoms with Crippen molar-refractivity contribution in [3.05, 3.63) is 48.6 Å². The number of unbranched alkanes of at least 4 members (excludes halogenated alkanes) is 33. The SMILES string of the molecule is CC/C=C\C/C=C\C/C=C\C/C=C\CCCCCCCCCCCCCCCCCCCCCCC(=O)OCC(COC(=O)CCCCCCCC)OC(=O)CCCCCCCCCCC. The van der Waals surface area contributed by atoms with Gasteiger partial charge in [0.1, 0.15) is 13.2 Å². The van der Waals surface area contributed by atoms with Crippen LogP contribution in [0.15, 0.2) is 48.6 Å². The third-order valence-corrected chi connectivity index (χ3v) is 12.6. The van der Waals surface area contributed by atoms with Crippen LogP contribution in [0.25, 0.3) is 0 Å². The van der Waals surface area contributed by atoms with Crippen molar-refractivity contribution in [2.24, 2.45) is 0 Å². The van der Waals surface area contributed by atoms with Crippen LogP contribution in [0.3, 0.4) is 0 Å². The fourth-order valence-electron chi connectivity index (χ4n) is 8.32. The summed E-state index contributed by atoms with van der Waals surface area (Å²) in [4.78, 5) is 37.6. The average Bonchev–Trinajstić information content (AvgIpc) is 3.31. The molecule has 0 aliphatic carbocycles. The quantitative estimate of drug-likeness (QED) is 0.0262. The molecule has 0 saturated heterocycles. The first-order valence-electron chi connectivity index (χ1n) is 28.6. The second-order valence-electron chi connectivity index (χ2n) is 19.2. The van der Waals surface area contributed by atoms with Gasteiger partial charge in [0.25, 0.3) is 0 Å².